The zero-order chi connectivity index (χ0) is 11.4. The van der Waals surface area contributed by atoms with Crippen molar-refractivity contribution >= 4 is 5.69 Å². The predicted molar refractivity (Wildman–Crippen MR) is 59.8 cm³/mol. The monoisotopic (exact) mass is 208 g/mol. The van der Waals surface area contributed by atoms with Crippen LogP contribution in [-0.2, 0) is 0 Å². The van der Waals surface area contributed by atoms with Gasteiger partial charge in [0.15, 0.2) is 0 Å². The Balaban J connectivity index is 2.92. The number of nitrogens with zero attached hydrogens (tertiary/aromatic N) is 2. The molecule has 4 heteroatoms. The summed E-state index contributed by atoms with van der Waals surface area (Å²) in [6.07, 6.45) is 0.991. The van der Waals surface area contributed by atoms with E-state index in [4.69, 9.17) is 0 Å². The van der Waals surface area contributed by atoms with Crippen LogP contribution in [0.25, 0.3) is 0 Å². The maximum Gasteiger partial charge on any atom is 0.269 e. The van der Waals surface area contributed by atoms with Gasteiger partial charge in [-0.05, 0) is 26.1 Å². The summed E-state index contributed by atoms with van der Waals surface area (Å²) in [5, 5.41) is 10.5. The van der Waals surface area contributed by atoms with Crippen LogP contribution in [0.5, 0.6) is 0 Å². The number of rotatable bonds is 4. The van der Waals surface area contributed by atoms with Crippen LogP contribution >= 0.6 is 0 Å². The number of nitro benzene ring substituents is 1. The third kappa shape index (κ3) is 2.76. The van der Waals surface area contributed by atoms with Gasteiger partial charge in [-0.25, -0.2) is 0 Å². The molecule has 0 amide bonds. The first-order chi connectivity index (χ1) is 7.06. The van der Waals surface area contributed by atoms with Gasteiger partial charge in [-0.15, -0.1) is 0 Å². The van der Waals surface area contributed by atoms with Crippen LogP contribution in [-0.4, -0.2) is 23.9 Å². The summed E-state index contributed by atoms with van der Waals surface area (Å²) in [7, 11) is 4.02. The molecule has 0 aliphatic rings. The smallest absolute Gasteiger partial charge is 0.269 e. The summed E-state index contributed by atoms with van der Waals surface area (Å²) in [6.45, 7) is 2.10. The second-order valence-corrected chi connectivity index (χ2v) is 3.74. The molecule has 1 atom stereocenters. The summed E-state index contributed by atoms with van der Waals surface area (Å²) in [6, 6.07) is 7.09. The highest BCUT2D eigenvalue weighted by Gasteiger charge is 2.12. The molecule has 0 fully saturated rings. The highest BCUT2D eigenvalue weighted by molar-refractivity contribution is 5.34. The molecule has 0 aromatic heterocycles. The van der Waals surface area contributed by atoms with Crippen LogP contribution in [0, 0.1) is 10.1 Å². The average Bonchev–Trinajstić information content (AvgIpc) is 2.19. The molecule has 0 aliphatic heterocycles. The minimum Gasteiger partial charge on any atom is -0.302 e. The Kier molecular flexibility index (Phi) is 3.80. The maximum atomic E-state index is 10.5. The van der Waals surface area contributed by atoms with Crippen molar-refractivity contribution in [2.45, 2.75) is 19.4 Å². The molecule has 0 saturated carbocycles. The molecule has 1 aromatic rings. The molecule has 0 bridgehead atoms. The molecule has 15 heavy (non-hydrogen) atoms. The minimum atomic E-state index is -0.375. The molecular weight excluding hydrogens is 192 g/mol. The Labute approximate surface area is 89.7 Å². The van der Waals surface area contributed by atoms with Gasteiger partial charge in [0.2, 0.25) is 0 Å². The highest BCUT2D eigenvalue weighted by Crippen LogP contribution is 2.23. The number of hydrogen-bond donors (Lipinski definition) is 0. The Morgan fingerprint density at radius 3 is 2.20 bits per heavy atom. The van der Waals surface area contributed by atoms with Crippen molar-refractivity contribution in [3.05, 3.63) is 39.9 Å². The van der Waals surface area contributed by atoms with E-state index < -0.39 is 0 Å². The standard InChI is InChI=1S/C11H16N2O2/c1-4-11(12(2)3)9-5-7-10(8-6-9)13(14)15/h5-8,11H,4H2,1-3H3. The fourth-order valence-corrected chi connectivity index (χ4v) is 1.72. The summed E-state index contributed by atoms with van der Waals surface area (Å²) in [5.74, 6) is 0. The average molecular weight is 208 g/mol. The summed E-state index contributed by atoms with van der Waals surface area (Å²) in [5.41, 5.74) is 1.26. The fraction of sp³-hybridized carbons (Fsp3) is 0.455. The highest BCUT2D eigenvalue weighted by atomic mass is 16.6. The van der Waals surface area contributed by atoms with Crippen LogP contribution in [0.3, 0.4) is 0 Å². The van der Waals surface area contributed by atoms with Crippen molar-refractivity contribution in [2.24, 2.45) is 0 Å². The quantitative estimate of drug-likeness (QED) is 0.564. The van der Waals surface area contributed by atoms with Crippen LogP contribution in [0.2, 0.25) is 0 Å². The molecule has 1 rings (SSSR count). The van der Waals surface area contributed by atoms with Gasteiger partial charge < -0.3 is 4.90 Å². The summed E-state index contributed by atoms with van der Waals surface area (Å²) >= 11 is 0. The van der Waals surface area contributed by atoms with E-state index >= 15 is 0 Å². The second-order valence-electron chi connectivity index (χ2n) is 3.74. The molecule has 0 radical (unpaired) electrons. The number of hydrogen-bond acceptors (Lipinski definition) is 3. The number of benzene rings is 1. The van der Waals surface area contributed by atoms with Crippen molar-refractivity contribution in [1.82, 2.24) is 4.90 Å². The van der Waals surface area contributed by atoms with Crippen molar-refractivity contribution in [1.29, 1.82) is 0 Å². The first-order valence-corrected chi connectivity index (χ1v) is 4.97. The Bertz CT molecular complexity index is 333. The zero-order valence-corrected chi connectivity index (χ0v) is 9.30. The molecule has 0 aliphatic carbocycles. The minimum absolute atomic E-state index is 0.146. The normalized spacial score (nSPS) is 12.8. The molecule has 82 valence electrons. The predicted octanol–water partition coefficient (Wildman–Crippen LogP) is 2.61. The number of nitro groups is 1. The van der Waals surface area contributed by atoms with Gasteiger partial charge in [0.05, 0.1) is 4.92 Å². The molecule has 1 unspecified atom stereocenters. The maximum absolute atomic E-state index is 10.5. The third-order valence-corrected chi connectivity index (χ3v) is 2.50. The van der Waals surface area contributed by atoms with Crippen LogP contribution in [0.15, 0.2) is 24.3 Å². The van der Waals surface area contributed by atoms with E-state index in [1.807, 2.05) is 26.2 Å². The van der Waals surface area contributed by atoms with Gasteiger partial charge >= 0.3 is 0 Å². The second kappa shape index (κ2) is 4.89. The van der Waals surface area contributed by atoms with E-state index in [1.165, 1.54) is 0 Å². The van der Waals surface area contributed by atoms with E-state index in [2.05, 4.69) is 11.8 Å². The van der Waals surface area contributed by atoms with E-state index in [9.17, 15) is 10.1 Å². The van der Waals surface area contributed by atoms with Gasteiger partial charge in [-0.3, -0.25) is 10.1 Å². The van der Waals surface area contributed by atoms with Crippen molar-refractivity contribution in [3.63, 3.8) is 0 Å². The molecule has 0 N–H and O–H groups in total. The molecular formula is C11H16N2O2. The molecule has 4 nitrogen and oxygen atoms in total. The molecule has 1 aromatic carbocycles. The molecule has 0 spiro atoms. The van der Waals surface area contributed by atoms with Crippen LogP contribution in [0.4, 0.5) is 5.69 Å². The fourth-order valence-electron chi connectivity index (χ4n) is 1.72. The van der Waals surface area contributed by atoms with E-state index in [0.717, 1.165) is 12.0 Å². The summed E-state index contributed by atoms with van der Waals surface area (Å²) in [4.78, 5) is 12.2. The van der Waals surface area contributed by atoms with E-state index in [0.29, 0.717) is 6.04 Å². The lowest BCUT2D eigenvalue weighted by Gasteiger charge is -2.22. The van der Waals surface area contributed by atoms with E-state index in [-0.39, 0.29) is 10.6 Å². The van der Waals surface area contributed by atoms with Gasteiger partial charge in [0, 0.05) is 18.2 Å². The Morgan fingerprint density at radius 2 is 1.87 bits per heavy atom. The van der Waals surface area contributed by atoms with Gasteiger partial charge in [-0.1, -0.05) is 19.1 Å². The first-order valence-electron chi connectivity index (χ1n) is 4.97. The number of non-ortho nitro benzene ring substituents is 1. The topological polar surface area (TPSA) is 46.4 Å². The van der Waals surface area contributed by atoms with Crippen LogP contribution < -0.4 is 0 Å². The lowest BCUT2D eigenvalue weighted by Crippen LogP contribution is -2.18. The van der Waals surface area contributed by atoms with Gasteiger partial charge in [0.1, 0.15) is 0 Å². The van der Waals surface area contributed by atoms with Gasteiger partial charge in [-0.2, -0.15) is 0 Å². The first kappa shape index (κ1) is 11.7. The Hall–Kier alpha value is -1.42. The third-order valence-electron chi connectivity index (χ3n) is 2.50. The SMILES string of the molecule is CCC(c1ccc([N+](=O)[O-])cc1)N(C)C. The van der Waals surface area contributed by atoms with Crippen molar-refractivity contribution < 1.29 is 4.92 Å². The molecule has 0 saturated heterocycles. The summed E-state index contributed by atoms with van der Waals surface area (Å²) < 4.78 is 0. The zero-order valence-electron chi connectivity index (χ0n) is 9.30. The lowest BCUT2D eigenvalue weighted by atomic mass is 10.0. The van der Waals surface area contributed by atoms with Crippen LogP contribution in [0.1, 0.15) is 24.9 Å². The van der Waals surface area contributed by atoms with Crippen molar-refractivity contribution in [3.8, 4) is 0 Å². The van der Waals surface area contributed by atoms with Crippen molar-refractivity contribution in [2.75, 3.05) is 14.1 Å². The largest absolute Gasteiger partial charge is 0.302 e. The lowest BCUT2D eigenvalue weighted by molar-refractivity contribution is -0.384. The van der Waals surface area contributed by atoms with E-state index in [1.54, 1.807) is 12.1 Å². The van der Waals surface area contributed by atoms with Gasteiger partial charge in [0.25, 0.3) is 5.69 Å². The Morgan fingerprint density at radius 1 is 1.33 bits per heavy atom. The molecule has 0 heterocycles.